The number of benzene rings is 1. The molecule has 1 saturated carbocycles. The number of amides is 1. The Morgan fingerprint density at radius 2 is 1.88 bits per heavy atom. The van der Waals surface area contributed by atoms with Gasteiger partial charge in [-0.2, -0.15) is 0 Å². The van der Waals surface area contributed by atoms with Crippen LogP contribution in [0.1, 0.15) is 46.6 Å². The van der Waals surface area contributed by atoms with Crippen molar-refractivity contribution in [3.8, 4) is 11.3 Å². The maximum Gasteiger partial charge on any atom is 0.253 e. The lowest BCUT2D eigenvalue weighted by atomic mass is 9.98. The lowest BCUT2D eigenvalue weighted by Crippen LogP contribution is -2.20. The summed E-state index contributed by atoms with van der Waals surface area (Å²) in [6, 6.07) is 9.39. The quantitative estimate of drug-likeness (QED) is 0.670. The van der Waals surface area contributed by atoms with Crippen molar-refractivity contribution in [3.05, 3.63) is 76.7 Å². The van der Waals surface area contributed by atoms with Crippen LogP contribution in [0.5, 0.6) is 0 Å². The van der Waals surface area contributed by atoms with Crippen LogP contribution in [0.3, 0.4) is 0 Å². The van der Waals surface area contributed by atoms with Crippen LogP contribution in [0.2, 0.25) is 0 Å². The summed E-state index contributed by atoms with van der Waals surface area (Å²) in [4.78, 5) is 23.8. The zero-order valence-electron chi connectivity index (χ0n) is 17.5. The van der Waals surface area contributed by atoms with E-state index < -0.39 is 11.6 Å². The van der Waals surface area contributed by atoms with Gasteiger partial charge < -0.3 is 10.2 Å². The SMILES string of the molecule is O=C1NCc2nc(-c3c(F)cccc3F)cc(Cc3ccc(N4CCC5(CC5)C4)cn3)c21. The number of aromatic nitrogens is 2. The van der Waals surface area contributed by atoms with Gasteiger partial charge in [0.25, 0.3) is 5.91 Å². The predicted octanol–water partition coefficient (Wildman–Crippen LogP) is 4.25. The average Bonchev–Trinajstić information content (AvgIpc) is 3.23. The molecular formula is C25H22F2N4O. The van der Waals surface area contributed by atoms with Crippen molar-refractivity contribution in [2.75, 3.05) is 18.0 Å². The van der Waals surface area contributed by atoms with Crippen LogP contribution in [0.15, 0.2) is 42.6 Å². The largest absolute Gasteiger partial charge is 0.370 e. The maximum absolute atomic E-state index is 14.4. The van der Waals surface area contributed by atoms with Crippen LogP contribution >= 0.6 is 0 Å². The molecule has 1 spiro atoms. The van der Waals surface area contributed by atoms with E-state index in [1.54, 1.807) is 6.07 Å². The van der Waals surface area contributed by atoms with Crippen LogP contribution in [-0.4, -0.2) is 29.0 Å². The fourth-order valence-electron chi connectivity index (χ4n) is 4.97. The molecule has 162 valence electrons. The smallest absolute Gasteiger partial charge is 0.253 e. The number of hydrogen-bond acceptors (Lipinski definition) is 4. The van der Waals surface area contributed by atoms with Gasteiger partial charge in [0.05, 0.1) is 40.9 Å². The number of pyridine rings is 2. The molecule has 3 aliphatic rings. The van der Waals surface area contributed by atoms with E-state index in [9.17, 15) is 13.6 Å². The van der Waals surface area contributed by atoms with Crippen LogP contribution < -0.4 is 10.2 Å². The zero-order chi connectivity index (χ0) is 21.9. The van der Waals surface area contributed by atoms with E-state index in [0.29, 0.717) is 28.7 Å². The summed E-state index contributed by atoms with van der Waals surface area (Å²) >= 11 is 0. The summed E-state index contributed by atoms with van der Waals surface area (Å²) in [5.74, 6) is -1.57. The summed E-state index contributed by atoms with van der Waals surface area (Å²) in [7, 11) is 0. The molecule has 0 unspecified atom stereocenters. The molecule has 0 bridgehead atoms. The fraction of sp³-hybridized carbons (Fsp3) is 0.320. The molecule has 2 aliphatic heterocycles. The third-order valence-corrected chi connectivity index (χ3v) is 6.98. The number of hydrogen-bond donors (Lipinski definition) is 1. The Labute approximate surface area is 184 Å². The topological polar surface area (TPSA) is 58.1 Å². The van der Waals surface area contributed by atoms with Crippen molar-refractivity contribution in [2.24, 2.45) is 5.41 Å². The number of nitrogens with zero attached hydrogens (tertiary/aromatic N) is 3. The number of carbonyl (C=O) groups is 1. The molecule has 2 aromatic heterocycles. The Morgan fingerprint density at radius 3 is 2.56 bits per heavy atom. The zero-order valence-corrected chi connectivity index (χ0v) is 17.5. The minimum Gasteiger partial charge on any atom is -0.370 e. The minimum atomic E-state index is -0.679. The molecule has 0 atom stereocenters. The van der Waals surface area contributed by atoms with Crippen LogP contribution in [0.25, 0.3) is 11.3 Å². The first-order chi connectivity index (χ1) is 15.5. The van der Waals surface area contributed by atoms with Gasteiger partial charge in [-0.05, 0) is 60.6 Å². The highest BCUT2D eigenvalue weighted by molar-refractivity contribution is 5.99. The van der Waals surface area contributed by atoms with E-state index in [4.69, 9.17) is 0 Å². The van der Waals surface area contributed by atoms with E-state index in [-0.39, 0.29) is 23.7 Å². The molecule has 1 saturated heterocycles. The number of halogens is 2. The molecule has 1 amide bonds. The molecule has 2 fully saturated rings. The van der Waals surface area contributed by atoms with Crippen molar-refractivity contribution in [3.63, 3.8) is 0 Å². The normalized spacial score (nSPS) is 18.2. The first-order valence-corrected chi connectivity index (χ1v) is 11.0. The van der Waals surface area contributed by atoms with Crippen molar-refractivity contribution in [1.82, 2.24) is 15.3 Å². The fourth-order valence-corrected chi connectivity index (χ4v) is 4.97. The standard InChI is InChI=1S/C25H22F2N4O/c26-18-2-1-3-19(27)23(18)20-11-15(22-21(30-20)13-29-24(22)32)10-16-4-5-17(12-28-16)31-9-8-25(14-31)6-7-25/h1-5,11-12H,6-10,13-14H2,(H,29,32). The second-order valence-corrected chi connectivity index (χ2v) is 9.12. The summed E-state index contributed by atoms with van der Waals surface area (Å²) in [6.07, 6.45) is 6.17. The van der Waals surface area contributed by atoms with Gasteiger partial charge in [0, 0.05) is 25.2 Å². The van der Waals surface area contributed by atoms with Gasteiger partial charge in [-0.15, -0.1) is 0 Å². The molecular weight excluding hydrogens is 410 g/mol. The third kappa shape index (κ3) is 3.23. The number of fused-ring (bicyclic) bond motifs is 1. The molecule has 6 rings (SSSR count). The van der Waals surface area contributed by atoms with Crippen molar-refractivity contribution in [1.29, 1.82) is 0 Å². The highest BCUT2D eigenvalue weighted by Gasteiger charge is 2.47. The highest BCUT2D eigenvalue weighted by atomic mass is 19.1. The highest BCUT2D eigenvalue weighted by Crippen LogP contribution is 2.53. The van der Waals surface area contributed by atoms with Crippen molar-refractivity contribution >= 4 is 11.6 Å². The Bertz CT molecular complexity index is 1220. The average molecular weight is 432 g/mol. The van der Waals surface area contributed by atoms with Crippen molar-refractivity contribution < 1.29 is 13.6 Å². The van der Waals surface area contributed by atoms with Gasteiger partial charge in [-0.1, -0.05) is 6.07 Å². The number of carbonyl (C=O) groups excluding carboxylic acids is 1. The van der Waals surface area contributed by atoms with Gasteiger partial charge in [0.1, 0.15) is 11.6 Å². The molecule has 0 radical (unpaired) electrons. The van der Waals surface area contributed by atoms with Gasteiger partial charge in [0.15, 0.2) is 0 Å². The molecule has 1 N–H and O–H groups in total. The second-order valence-electron chi connectivity index (χ2n) is 9.12. The van der Waals surface area contributed by atoms with Crippen LogP contribution in [-0.2, 0) is 13.0 Å². The molecule has 7 heteroatoms. The molecule has 1 aliphatic carbocycles. The van der Waals surface area contributed by atoms with Gasteiger partial charge in [-0.25, -0.2) is 13.8 Å². The molecule has 4 heterocycles. The maximum atomic E-state index is 14.4. The summed E-state index contributed by atoms with van der Waals surface area (Å²) < 4.78 is 28.8. The number of anilines is 1. The first kappa shape index (κ1) is 19.3. The lowest BCUT2D eigenvalue weighted by molar-refractivity contribution is 0.0965. The summed E-state index contributed by atoms with van der Waals surface area (Å²) in [5, 5.41) is 2.76. The van der Waals surface area contributed by atoms with Crippen molar-refractivity contribution in [2.45, 2.75) is 32.2 Å². The van der Waals surface area contributed by atoms with E-state index in [1.165, 1.54) is 37.5 Å². The van der Waals surface area contributed by atoms with Crippen LogP contribution in [0.4, 0.5) is 14.5 Å². The van der Waals surface area contributed by atoms with Gasteiger partial charge in [0.2, 0.25) is 0 Å². The Hall–Kier alpha value is -3.35. The van der Waals surface area contributed by atoms with E-state index in [0.717, 1.165) is 24.5 Å². The molecule has 1 aromatic carbocycles. The summed E-state index contributed by atoms with van der Waals surface area (Å²) in [5.41, 5.74) is 4.12. The monoisotopic (exact) mass is 432 g/mol. The lowest BCUT2D eigenvalue weighted by Gasteiger charge is -2.18. The van der Waals surface area contributed by atoms with E-state index in [2.05, 4.69) is 26.3 Å². The number of rotatable bonds is 4. The molecule has 32 heavy (non-hydrogen) atoms. The Balaban J connectivity index is 1.33. The van der Waals surface area contributed by atoms with Gasteiger partial charge in [-0.3, -0.25) is 9.78 Å². The third-order valence-electron chi connectivity index (χ3n) is 6.98. The Kier molecular flexibility index (Phi) is 4.28. The van der Waals surface area contributed by atoms with E-state index in [1.807, 2.05) is 12.3 Å². The van der Waals surface area contributed by atoms with Gasteiger partial charge >= 0.3 is 0 Å². The molecule has 5 nitrogen and oxygen atoms in total. The second kappa shape index (κ2) is 7.08. The number of nitrogens with one attached hydrogen (secondary N) is 1. The van der Waals surface area contributed by atoms with E-state index >= 15 is 0 Å². The Morgan fingerprint density at radius 1 is 1.06 bits per heavy atom. The summed E-state index contributed by atoms with van der Waals surface area (Å²) in [6.45, 7) is 2.41. The minimum absolute atomic E-state index is 0.178. The molecule has 3 aromatic rings. The first-order valence-electron chi connectivity index (χ1n) is 11.0. The van der Waals surface area contributed by atoms with Crippen LogP contribution in [0, 0.1) is 17.0 Å². The predicted molar refractivity (Wildman–Crippen MR) is 116 cm³/mol.